The highest BCUT2D eigenvalue weighted by Gasteiger charge is 2.42. The van der Waals surface area contributed by atoms with E-state index in [4.69, 9.17) is 4.74 Å². The lowest BCUT2D eigenvalue weighted by atomic mass is 10.3. The van der Waals surface area contributed by atoms with Gasteiger partial charge in [0, 0.05) is 4.90 Å². The Hall–Kier alpha value is -1.37. The minimum Gasteiger partial charge on any atom is -0.496 e. The van der Waals surface area contributed by atoms with Crippen molar-refractivity contribution in [3.63, 3.8) is 0 Å². The van der Waals surface area contributed by atoms with Gasteiger partial charge >= 0.3 is 12.1 Å². The predicted octanol–water partition coefficient (Wildman–Crippen LogP) is 3.67. The Bertz CT molecular complexity index is 449. The molecule has 0 unspecified atom stereocenters. The number of benzene rings is 1. The van der Waals surface area contributed by atoms with Crippen molar-refractivity contribution in [3.8, 4) is 5.75 Å². The van der Waals surface area contributed by atoms with Gasteiger partial charge in [-0.25, -0.2) is 0 Å². The van der Waals surface area contributed by atoms with Crippen LogP contribution in [0.3, 0.4) is 0 Å². The largest absolute Gasteiger partial charge is 0.496 e. The number of esters is 1. The van der Waals surface area contributed by atoms with E-state index >= 15 is 0 Å². The molecule has 0 aliphatic carbocycles. The topological polar surface area (TPSA) is 35.5 Å². The summed E-state index contributed by atoms with van der Waals surface area (Å²) in [6, 6.07) is 6.37. The van der Waals surface area contributed by atoms with Gasteiger partial charge in [0.15, 0.2) is 0 Å². The minimum absolute atomic E-state index is 0.0583. The molecule has 3 nitrogen and oxygen atoms in total. The number of ether oxygens (including phenoxy) is 2. The third kappa shape index (κ3) is 4.96. The number of alkyl halides is 3. The van der Waals surface area contributed by atoms with Crippen LogP contribution in [0.2, 0.25) is 0 Å². The van der Waals surface area contributed by atoms with E-state index in [1.807, 2.05) is 0 Å². The fraction of sp³-hybridized carbons (Fsp3) is 0.462. The van der Waals surface area contributed by atoms with Crippen LogP contribution in [0.5, 0.6) is 5.75 Å². The molecule has 0 fully saturated rings. The molecule has 112 valence electrons. The van der Waals surface area contributed by atoms with Crippen molar-refractivity contribution in [1.82, 2.24) is 0 Å². The normalized spacial score (nSPS) is 12.8. The predicted molar refractivity (Wildman–Crippen MR) is 69.9 cm³/mol. The molecule has 0 heterocycles. The summed E-state index contributed by atoms with van der Waals surface area (Å²) < 4.78 is 48.5. The van der Waals surface area contributed by atoms with Gasteiger partial charge in [-0.3, -0.25) is 4.79 Å². The van der Waals surface area contributed by atoms with Crippen molar-refractivity contribution in [2.24, 2.45) is 0 Å². The minimum atomic E-state index is -4.50. The molecule has 0 N–H and O–H groups in total. The van der Waals surface area contributed by atoms with Gasteiger partial charge in [-0.15, -0.1) is 11.8 Å². The molecule has 0 aliphatic rings. The molecule has 1 aromatic rings. The molecule has 0 radical (unpaired) electrons. The van der Waals surface area contributed by atoms with Crippen LogP contribution in [-0.2, 0) is 9.53 Å². The summed E-state index contributed by atoms with van der Waals surface area (Å²) in [4.78, 5) is 11.6. The van der Waals surface area contributed by atoms with Gasteiger partial charge in [0.05, 0.1) is 20.1 Å². The lowest BCUT2D eigenvalue weighted by Crippen LogP contribution is -2.29. The Morgan fingerprint density at radius 2 is 2.00 bits per heavy atom. The Kier molecular flexibility index (Phi) is 6.19. The van der Waals surface area contributed by atoms with Crippen LogP contribution in [0.4, 0.5) is 13.2 Å². The molecule has 7 heteroatoms. The van der Waals surface area contributed by atoms with Gasteiger partial charge in [0.25, 0.3) is 0 Å². The van der Waals surface area contributed by atoms with E-state index in [9.17, 15) is 18.0 Å². The summed E-state index contributed by atoms with van der Waals surface area (Å²) in [5.74, 6) is -0.521. The highest BCUT2D eigenvalue weighted by atomic mass is 32.2. The molecule has 0 bridgehead atoms. The Labute approximate surface area is 119 Å². The van der Waals surface area contributed by atoms with Crippen molar-refractivity contribution < 1.29 is 27.4 Å². The number of carbonyl (C=O) groups is 1. The van der Waals surface area contributed by atoms with Crippen molar-refractivity contribution in [3.05, 3.63) is 24.3 Å². The molecule has 0 amide bonds. The molecule has 1 rings (SSSR count). The molecular formula is C13H15F3O3S. The molecule has 0 saturated carbocycles. The van der Waals surface area contributed by atoms with Crippen LogP contribution >= 0.6 is 11.8 Å². The molecule has 0 saturated heterocycles. The monoisotopic (exact) mass is 308 g/mol. The molecule has 0 aliphatic heterocycles. The Morgan fingerprint density at radius 1 is 1.35 bits per heavy atom. The number of methoxy groups -OCH3 is 1. The van der Waals surface area contributed by atoms with Gasteiger partial charge in [-0.1, -0.05) is 12.1 Å². The van der Waals surface area contributed by atoms with Crippen LogP contribution < -0.4 is 4.74 Å². The lowest BCUT2D eigenvalue weighted by Gasteiger charge is -2.20. The van der Waals surface area contributed by atoms with Crippen molar-refractivity contribution in [1.29, 1.82) is 0 Å². The maximum atomic E-state index is 13.0. The van der Waals surface area contributed by atoms with Crippen molar-refractivity contribution in [2.75, 3.05) is 13.7 Å². The average Bonchev–Trinajstić information content (AvgIpc) is 2.37. The van der Waals surface area contributed by atoms with Gasteiger partial charge in [0.2, 0.25) is 0 Å². The number of rotatable bonds is 6. The van der Waals surface area contributed by atoms with Crippen molar-refractivity contribution >= 4 is 17.7 Å². The molecule has 0 aromatic heterocycles. The summed E-state index contributed by atoms with van der Waals surface area (Å²) in [6.07, 6.45) is -5.22. The molecule has 1 aromatic carbocycles. The van der Waals surface area contributed by atoms with E-state index in [1.165, 1.54) is 13.2 Å². The highest BCUT2D eigenvalue weighted by Crippen LogP contribution is 2.40. The number of para-hydroxylation sites is 1. The van der Waals surface area contributed by atoms with E-state index < -0.39 is 23.8 Å². The zero-order valence-corrected chi connectivity index (χ0v) is 11.9. The van der Waals surface area contributed by atoms with E-state index in [1.54, 1.807) is 25.1 Å². The summed E-state index contributed by atoms with van der Waals surface area (Å²) in [5.41, 5.74) is 0. The van der Waals surface area contributed by atoms with Crippen LogP contribution in [0.15, 0.2) is 29.2 Å². The van der Waals surface area contributed by atoms with Crippen LogP contribution in [0.25, 0.3) is 0 Å². The number of hydrogen-bond acceptors (Lipinski definition) is 4. The lowest BCUT2D eigenvalue weighted by molar-refractivity contribution is -0.154. The van der Waals surface area contributed by atoms with Crippen LogP contribution in [0.1, 0.15) is 13.3 Å². The summed E-state index contributed by atoms with van der Waals surface area (Å²) >= 11 is 0.550. The van der Waals surface area contributed by atoms with Gasteiger partial charge in [-0.2, -0.15) is 13.2 Å². The van der Waals surface area contributed by atoms with Crippen LogP contribution in [-0.4, -0.2) is 31.1 Å². The third-order valence-corrected chi connectivity index (χ3v) is 3.67. The Morgan fingerprint density at radius 3 is 2.55 bits per heavy atom. The van der Waals surface area contributed by atoms with E-state index in [2.05, 4.69) is 4.74 Å². The quantitative estimate of drug-likeness (QED) is 0.593. The van der Waals surface area contributed by atoms with E-state index in [0.29, 0.717) is 22.4 Å². The van der Waals surface area contributed by atoms with Gasteiger partial charge in [-0.05, 0) is 19.1 Å². The summed E-state index contributed by atoms with van der Waals surface area (Å²) in [7, 11) is 1.38. The van der Waals surface area contributed by atoms with Gasteiger partial charge < -0.3 is 9.47 Å². The summed E-state index contributed by atoms with van der Waals surface area (Å²) in [5, 5.41) is -1.86. The SMILES string of the molecule is CCOC(=O)C[C@@H](Sc1ccccc1OC)C(F)(F)F. The van der Waals surface area contributed by atoms with Crippen LogP contribution in [0, 0.1) is 0 Å². The molecule has 1 atom stereocenters. The number of hydrogen-bond donors (Lipinski definition) is 0. The maximum Gasteiger partial charge on any atom is 0.401 e. The second-order valence-electron chi connectivity index (χ2n) is 3.81. The zero-order chi connectivity index (χ0) is 15.2. The second-order valence-corrected chi connectivity index (χ2v) is 5.05. The summed E-state index contributed by atoms with van der Waals surface area (Å²) in [6.45, 7) is 1.61. The molecular weight excluding hydrogens is 293 g/mol. The molecule has 20 heavy (non-hydrogen) atoms. The van der Waals surface area contributed by atoms with Crippen molar-refractivity contribution in [2.45, 2.75) is 29.7 Å². The average molecular weight is 308 g/mol. The third-order valence-electron chi connectivity index (χ3n) is 2.36. The zero-order valence-electron chi connectivity index (χ0n) is 11.1. The standard InChI is InChI=1S/C13H15F3O3S/c1-3-19-12(17)8-11(13(14,15)16)20-10-7-5-4-6-9(10)18-2/h4-7,11H,3,8H2,1-2H3/t11-/m1/s1. The van der Waals surface area contributed by atoms with E-state index in [-0.39, 0.29) is 6.61 Å². The first kappa shape index (κ1) is 16.7. The smallest absolute Gasteiger partial charge is 0.401 e. The van der Waals surface area contributed by atoms with E-state index in [0.717, 1.165) is 0 Å². The fourth-order valence-electron chi connectivity index (χ4n) is 1.46. The van der Waals surface area contributed by atoms with Gasteiger partial charge in [0.1, 0.15) is 11.0 Å². The molecule has 0 spiro atoms. The highest BCUT2D eigenvalue weighted by molar-refractivity contribution is 8.00. The second kappa shape index (κ2) is 7.42. The fourth-order valence-corrected chi connectivity index (χ4v) is 2.55. The number of halogens is 3. The first-order chi connectivity index (χ1) is 9.38. The number of thioether (sulfide) groups is 1. The number of carbonyl (C=O) groups excluding carboxylic acids is 1. The first-order valence-electron chi connectivity index (χ1n) is 5.90. The maximum absolute atomic E-state index is 13.0. The first-order valence-corrected chi connectivity index (χ1v) is 6.78. The Balaban J connectivity index is 2.87.